The molecule has 2 heterocycles. The van der Waals surface area contributed by atoms with Crippen molar-refractivity contribution in [3.05, 3.63) is 82.7 Å². The molecule has 12 heteroatoms. The average Bonchev–Trinajstić information content (AvgIpc) is 3.66. The number of tetrazole rings is 1. The third-order valence-electron chi connectivity index (χ3n) is 9.94. The van der Waals surface area contributed by atoms with Crippen LogP contribution < -0.4 is 5.32 Å². The fourth-order valence-electron chi connectivity index (χ4n) is 7.12. The molecule has 3 aromatic rings. The number of carbonyl (C=O) groups excluding carboxylic acids is 2. The van der Waals surface area contributed by atoms with E-state index in [9.17, 15) is 22.8 Å². The van der Waals surface area contributed by atoms with Gasteiger partial charge in [0.05, 0.1) is 18.2 Å². The minimum Gasteiger partial charge on any atom is -0.345 e. The number of aromatic nitrogens is 4. The molecule has 2 amide bonds. The van der Waals surface area contributed by atoms with Gasteiger partial charge in [0.25, 0.3) is 11.8 Å². The second kappa shape index (κ2) is 14.5. The molecular formula is C38H48F3N7O2. The highest BCUT2D eigenvalue weighted by Crippen LogP contribution is 2.50. The lowest BCUT2D eigenvalue weighted by Gasteiger charge is -2.47. The maximum absolute atomic E-state index is 14.5. The van der Waals surface area contributed by atoms with Crippen molar-refractivity contribution in [3.63, 3.8) is 0 Å². The Bertz CT molecular complexity index is 1690. The van der Waals surface area contributed by atoms with E-state index in [1.54, 1.807) is 30.4 Å². The van der Waals surface area contributed by atoms with E-state index in [0.29, 0.717) is 42.1 Å². The van der Waals surface area contributed by atoms with E-state index in [1.807, 2.05) is 17.0 Å². The second-order valence-corrected chi connectivity index (χ2v) is 15.9. The Balaban J connectivity index is 1.48. The van der Waals surface area contributed by atoms with E-state index >= 15 is 0 Å². The number of nitrogens with zero attached hydrogens (tertiary/aromatic N) is 5. The largest absolute Gasteiger partial charge is 0.416 e. The van der Waals surface area contributed by atoms with E-state index in [0.717, 1.165) is 43.4 Å². The molecule has 1 aliphatic heterocycles. The molecule has 1 spiro atoms. The van der Waals surface area contributed by atoms with Crippen LogP contribution in [0.5, 0.6) is 0 Å². The van der Waals surface area contributed by atoms with Gasteiger partial charge in [-0.3, -0.25) is 14.6 Å². The van der Waals surface area contributed by atoms with E-state index < -0.39 is 17.4 Å². The molecule has 0 unspecified atom stereocenters. The number of halogens is 3. The smallest absolute Gasteiger partial charge is 0.345 e. The van der Waals surface area contributed by atoms with Gasteiger partial charge in [0.1, 0.15) is 11.4 Å². The number of benzene rings is 2. The van der Waals surface area contributed by atoms with Gasteiger partial charge in [0, 0.05) is 5.56 Å². The predicted octanol–water partition coefficient (Wildman–Crippen LogP) is 8.34. The summed E-state index contributed by atoms with van der Waals surface area (Å²) in [7, 11) is 0. The number of H-pyrrole nitrogens is 1. The van der Waals surface area contributed by atoms with Crippen LogP contribution in [0.25, 0.3) is 6.08 Å². The van der Waals surface area contributed by atoms with Crippen molar-refractivity contribution < 1.29 is 22.8 Å². The Labute approximate surface area is 292 Å². The van der Waals surface area contributed by atoms with E-state index in [1.165, 1.54) is 6.07 Å². The first-order chi connectivity index (χ1) is 23.5. The number of nitrogens with one attached hydrogen (secondary N) is 2. The number of rotatable bonds is 10. The molecule has 1 fully saturated rings. The van der Waals surface area contributed by atoms with Gasteiger partial charge in [-0.25, -0.2) is 0 Å². The molecule has 268 valence electrons. The van der Waals surface area contributed by atoms with Crippen LogP contribution in [-0.4, -0.2) is 48.7 Å². The van der Waals surface area contributed by atoms with Gasteiger partial charge in [-0.2, -0.15) is 18.4 Å². The van der Waals surface area contributed by atoms with Crippen molar-refractivity contribution >= 4 is 23.6 Å². The molecule has 5 rings (SSSR count). The minimum atomic E-state index is -4.47. The molecular weight excluding hydrogens is 643 g/mol. The summed E-state index contributed by atoms with van der Waals surface area (Å²) in [6, 6.07) is 12.1. The maximum atomic E-state index is 14.5. The Morgan fingerprint density at radius 2 is 1.74 bits per heavy atom. The molecule has 0 bridgehead atoms. The van der Waals surface area contributed by atoms with Gasteiger partial charge in [0.2, 0.25) is 0 Å². The van der Waals surface area contributed by atoms with E-state index in [4.69, 9.17) is 4.99 Å². The minimum absolute atomic E-state index is 0.0953. The fraction of sp³-hybridized carbons (Fsp3) is 0.526. The molecule has 1 aliphatic carbocycles. The maximum Gasteiger partial charge on any atom is 0.416 e. The van der Waals surface area contributed by atoms with Crippen LogP contribution >= 0.6 is 0 Å². The molecule has 2 N–H and O–H groups in total. The molecule has 1 aromatic heterocycles. The molecule has 9 nitrogen and oxygen atoms in total. The van der Waals surface area contributed by atoms with Crippen LogP contribution in [0.4, 0.5) is 13.2 Å². The highest BCUT2D eigenvalue weighted by atomic mass is 19.4. The van der Waals surface area contributed by atoms with Crippen LogP contribution in [0.2, 0.25) is 0 Å². The molecule has 1 atom stereocenters. The highest BCUT2D eigenvalue weighted by molar-refractivity contribution is 6.45. The van der Waals surface area contributed by atoms with Crippen molar-refractivity contribution in [3.8, 4) is 0 Å². The van der Waals surface area contributed by atoms with Crippen LogP contribution in [0.1, 0.15) is 125 Å². The van der Waals surface area contributed by atoms with Gasteiger partial charge in [-0.1, -0.05) is 83.5 Å². The molecule has 0 radical (unpaired) electrons. The highest BCUT2D eigenvalue weighted by Gasteiger charge is 2.52. The van der Waals surface area contributed by atoms with Gasteiger partial charge in [-0.15, -0.1) is 10.2 Å². The lowest BCUT2D eigenvalue weighted by Crippen LogP contribution is -2.51. The van der Waals surface area contributed by atoms with E-state index in [2.05, 4.69) is 67.5 Å². The SMILES string of the molecule is CC(C)(C)CCC[C@H](c1ccc(C(=O)NCc2nn[nH]n2)cc1)N1C(=O)C(/C=C/c2cccc(C(F)(F)F)c2)=NC12CCC(C(C)(C)C)CC2. The zero-order valence-electron chi connectivity index (χ0n) is 29.8. The summed E-state index contributed by atoms with van der Waals surface area (Å²) < 4.78 is 40.3. The summed E-state index contributed by atoms with van der Waals surface area (Å²) >= 11 is 0. The Hall–Kier alpha value is -4.35. The van der Waals surface area contributed by atoms with Crippen molar-refractivity contribution in [1.82, 2.24) is 30.8 Å². The van der Waals surface area contributed by atoms with Crippen LogP contribution in [0, 0.1) is 16.7 Å². The molecule has 1 saturated carbocycles. The summed E-state index contributed by atoms with van der Waals surface area (Å²) in [6.07, 6.45) is 4.32. The molecule has 2 aromatic carbocycles. The lowest BCUT2D eigenvalue weighted by atomic mass is 9.69. The number of amides is 2. The number of hydrogen-bond donors (Lipinski definition) is 2. The summed E-state index contributed by atoms with van der Waals surface area (Å²) in [6.45, 7) is 13.4. The normalized spacial score (nSPS) is 20.8. The quantitative estimate of drug-likeness (QED) is 0.222. The van der Waals surface area contributed by atoms with Crippen LogP contribution in [-0.2, 0) is 17.5 Å². The molecule has 2 aliphatic rings. The average molecular weight is 692 g/mol. The zero-order chi connectivity index (χ0) is 36.3. The number of aromatic amines is 1. The third-order valence-corrected chi connectivity index (χ3v) is 9.94. The summed E-state index contributed by atoms with van der Waals surface area (Å²) in [5, 5.41) is 16.4. The fourth-order valence-corrected chi connectivity index (χ4v) is 7.12. The zero-order valence-corrected chi connectivity index (χ0v) is 29.8. The predicted molar refractivity (Wildman–Crippen MR) is 187 cm³/mol. The Kier molecular flexibility index (Phi) is 10.7. The standard InChI is InChI=1S/C38H48F3N7O2/c1-35(2,3)20-8-11-31(26-13-15-27(16-14-26)33(49)42-24-32-44-46-47-45-32)48-34(50)30(17-12-25-9-7-10-29(23-25)38(39,40)41)43-37(48)21-18-28(19-22-37)36(4,5)6/h7,9-10,12-17,23,28,31H,8,11,18-22,24H2,1-6H3,(H,42,49)(H,44,45,46,47)/b17-12+/t28?,31-,37?/m1/s1. The van der Waals surface area contributed by atoms with Gasteiger partial charge in [-0.05, 0) is 96.7 Å². The van der Waals surface area contributed by atoms with Crippen molar-refractivity contribution in [2.24, 2.45) is 21.7 Å². The Morgan fingerprint density at radius 3 is 2.34 bits per heavy atom. The summed E-state index contributed by atoms with van der Waals surface area (Å²) in [5.74, 6) is 0.315. The van der Waals surface area contributed by atoms with Crippen LogP contribution in [0.15, 0.2) is 59.6 Å². The van der Waals surface area contributed by atoms with Gasteiger partial charge >= 0.3 is 6.18 Å². The monoisotopic (exact) mass is 691 g/mol. The lowest BCUT2D eigenvalue weighted by molar-refractivity contribution is -0.137. The number of aliphatic imine (C=N–C) groups is 1. The van der Waals surface area contributed by atoms with Crippen LogP contribution in [0.3, 0.4) is 0 Å². The first-order valence-corrected chi connectivity index (χ1v) is 17.3. The van der Waals surface area contributed by atoms with Gasteiger partial charge < -0.3 is 10.2 Å². The first-order valence-electron chi connectivity index (χ1n) is 17.3. The molecule has 0 saturated heterocycles. The number of hydrogen-bond acceptors (Lipinski definition) is 6. The van der Waals surface area contributed by atoms with E-state index in [-0.39, 0.29) is 40.9 Å². The van der Waals surface area contributed by atoms with Crippen molar-refractivity contribution in [2.45, 2.75) is 111 Å². The Morgan fingerprint density at radius 1 is 1.04 bits per heavy atom. The summed E-state index contributed by atoms with van der Waals surface area (Å²) in [5.41, 5.74) is 0.625. The van der Waals surface area contributed by atoms with Crippen molar-refractivity contribution in [1.29, 1.82) is 0 Å². The van der Waals surface area contributed by atoms with Gasteiger partial charge in [0.15, 0.2) is 5.82 Å². The summed E-state index contributed by atoms with van der Waals surface area (Å²) in [4.78, 5) is 34.5. The molecule has 50 heavy (non-hydrogen) atoms. The second-order valence-electron chi connectivity index (χ2n) is 15.9. The number of alkyl halides is 3. The topological polar surface area (TPSA) is 116 Å². The first kappa shape index (κ1) is 36.9. The number of carbonyl (C=O) groups is 2. The third kappa shape index (κ3) is 8.86. The van der Waals surface area contributed by atoms with Crippen molar-refractivity contribution in [2.75, 3.05) is 0 Å².